The number of benzene rings is 2. The van der Waals surface area contributed by atoms with Crippen LogP contribution in [0.1, 0.15) is 24.2 Å². The van der Waals surface area contributed by atoms with E-state index in [0.717, 1.165) is 15.6 Å². The average Bonchev–Trinajstić information content (AvgIpc) is 2.42. The fourth-order valence-electron chi connectivity index (χ4n) is 1.86. The zero-order chi connectivity index (χ0) is 13.8. The van der Waals surface area contributed by atoms with Gasteiger partial charge >= 0.3 is 0 Å². The van der Waals surface area contributed by atoms with Crippen molar-refractivity contribution in [2.45, 2.75) is 13.0 Å². The summed E-state index contributed by atoms with van der Waals surface area (Å²) in [6, 6.07) is 12.9. The topological polar surface area (TPSA) is 29.5 Å². The Morgan fingerprint density at radius 1 is 1.26 bits per heavy atom. The molecule has 0 bridgehead atoms. The molecule has 0 saturated heterocycles. The van der Waals surface area contributed by atoms with Crippen LogP contribution in [-0.4, -0.2) is 11.7 Å². The molecule has 0 fully saturated rings. The van der Waals surface area contributed by atoms with E-state index in [-0.39, 0.29) is 0 Å². The summed E-state index contributed by atoms with van der Waals surface area (Å²) in [5, 5.41) is 11.1. The van der Waals surface area contributed by atoms with Gasteiger partial charge < -0.3 is 9.84 Å². The van der Waals surface area contributed by atoms with Crippen LogP contribution >= 0.6 is 27.5 Å². The van der Waals surface area contributed by atoms with Crippen molar-refractivity contribution in [1.82, 2.24) is 0 Å². The lowest BCUT2D eigenvalue weighted by molar-refractivity contribution is 0.212. The maximum absolute atomic E-state index is 10.5. The lowest BCUT2D eigenvalue weighted by atomic mass is 10.0. The summed E-state index contributed by atoms with van der Waals surface area (Å²) in [6.45, 7) is 2.48. The lowest BCUT2D eigenvalue weighted by Crippen LogP contribution is -2.04. The van der Waals surface area contributed by atoms with Gasteiger partial charge in [-0.2, -0.15) is 0 Å². The van der Waals surface area contributed by atoms with Crippen molar-refractivity contribution in [1.29, 1.82) is 0 Å². The molecule has 0 amide bonds. The summed E-state index contributed by atoms with van der Waals surface area (Å²) in [6.07, 6.45) is -0.740. The van der Waals surface area contributed by atoms with Crippen molar-refractivity contribution < 1.29 is 9.84 Å². The molecule has 1 unspecified atom stereocenters. The Hall–Kier alpha value is -1.03. The second kappa shape index (κ2) is 6.42. The maximum atomic E-state index is 10.5. The third kappa shape index (κ3) is 3.30. The van der Waals surface area contributed by atoms with E-state index in [0.29, 0.717) is 17.4 Å². The van der Waals surface area contributed by atoms with Gasteiger partial charge in [0, 0.05) is 10.0 Å². The number of ether oxygens (including phenoxy) is 1. The predicted octanol–water partition coefficient (Wildman–Crippen LogP) is 4.58. The molecule has 0 saturated carbocycles. The van der Waals surface area contributed by atoms with E-state index in [4.69, 9.17) is 16.3 Å². The fraction of sp³-hybridized carbons (Fsp3) is 0.200. The second-order valence-corrected chi connectivity index (χ2v) is 5.31. The minimum atomic E-state index is -0.740. The molecule has 19 heavy (non-hydrogen) atoms. The van der Waals surface area contributed by atoms with Crippen LogP contribution in [0.3, 0.4) is 0 Å². The Morgan fingerprint density at radius 2 is 2.00 bits per heavy atom. The lowest BCUT2D eigenvalue weighted by Gasteiger charge is -2.16. The van der Waals surface area contributed by atoms with Gasteiger partial charge in [0.1, 0.15) is 11.9 Å². The van der Waals surface area contributed by atoms with Crippen molar-refractivity contribution in [3.63, 3.8) is 0 Å². The van der Waals surface area contributed by atoms with Crippen molar-refractivity contribution in [2.24, 2.45) is 0 Å². The van der Waals surface area contributed by atoms with E-state index in [1.807, 2.05) is 37.3 Å². The zero-order valence-electron chi connectivity index (χ0n) is 10.4. The third-order valence-electron chi connectivity index (χ3n) is 2.77. The SMILES string of the molecule is CCOc1ccccc1C(O)c1ccc(Cl)c(Br)c1. The highest BCUT2D eigenvalue weighted by atomic mass is 79.9. The van der Waals surface area contributed by atoms with Gasteiger partial charge in [-0.05, 0) is 46.6 Å². The van der Waals surface area contributed by atoms with Crippen LogP contribution in [0, 0.1) is 0 Å². The molecule has 1 N–H and O–H groups in total. The third-order valence-corrected chi connectivity index (χ3v) is 3.99. The minimum absolute atomic E-state index is 0.564. The number of rotatable bonds is 4. The molecule has 2 nitrogen and oxygen atoms in total. The Balaban J connectivity index is 2.37. The van der Waals surface area contributed by atoms with Gasteiger partial charge in [-0.1, -0.05) is 35.9 Å². The summed E-state index contributed by atoms with van der Waals surface area (Å²) < 4.78 is 6.30. The van der Waals surface area contributed by atoms with Crippen molar-refractivity contribution in [2.75, 3.05) is 6.61 Å². The van der Waals surface area contributed by atoms with Gasteiger partial charge in [0.05, 0.1) is 11.6 Å². The standard InChI is InChI=1S/C15H14BrClO2/c1-2-19-14-6-4-3-5-11(14)15(18)10-7-8-13(17)12(16)9-10/h3-9,15,18H,2H2,1H3. The van der Waals surface area contributed by atoms with Gasteiger partial charge in [-0.15, -0.1) is 0 Å². The van der Waals surface area contributed by atoms with Crippen LogP contribution < -0.4 is 4.74 Å². The van der Waals surface area contributed by atoms with E-state index in [2.05, 4.69) is 15.9 Å². The highest BCUT2D eigenvalue weighted by Crippen LogP contribution is 2.33. The first-order valence-corrected chi connectivity index (χ1v) is 7.15. The van der Waals surface area contributed by atoms with Crippen LogP contribution in [-0.2, 0) is 0 Å². The van der Waals surface area contributed by atoms with Crippen LogP contribution in [0.15, 0.2) is 46.9 Å². The number of para-hydroxylation sites is 1. The Bertz CT molecular complexity index is 572. The highest BCUT2D eigenvalue weighted by molar-refractivity contribution is 9.10. The van der Waals surface area contributed by atoms with E-state index in [1.54, 1.807) is 12.1 Å². The zero-order valence-corrected chi connectivity index (χ0v) is 12.8. The molecular weight excluding hydrogens is 328 g/mol. The maximum Gasteiger partial charge on any atom is 0.125 e. The first-order valence-electron chi connectivity index (χ1n) is 5.98. The summed E-state index contributed by atoms with van der Waals surface area (Å²) in [5.41, 5.74) is 1.52. The molecule has 2 aromatic rings. The van der Waals surface area contributed by atoms with Gasteiger partial charge in [0.2, 0.25) is 0 Å². The van der Waals surface area contributed by atoms with Crippen molar-refractivity contribution in [3.05, 3.63) is 63.1 Å². The van der Waals surface area contributed by atoms with E-state index < -0.39 is 6.10 Å². The monoisotopic (exact) mass is 340 g/mol. The van der Waals surface area contributed by atoms with Crippen LogP contribution in [0.25, 0.3) is 0 Å². The van der Waals surface area contributed by atoms with Gasteiger partial charge in [0.15, 0.2) is 0 Å². The molecule has 4 heteroatoms. The molecule has 1 atom stereocenters. The number of hydrogen-bond donors (Lipinski definition) is 1. The Labute approximate surface area is 126 Å². The summed E-state index contributed by atoms with van der Waals surface area (Å²) in [5.74, 6) is 0.698. The smallest absolute Gasteiger partial charge is 0.125 e. The first kappa shape index (κ1) is 14.4. The fourth-order valence-corrected chi connectivity index (χ4v) is 2.37. The molecule has 0 aliphatic carbocycles. The largest absolute Gasteiger partial charge is 0.493 e. The minimum Gasteiger partial charge on any atom is -0.493 e. The molecule has 2 rings (SSSR count). The molecule has 100 valence electrons. The summed E-state index contributed by atoms with van der Waals surface area (Å²) >= 11 is 9.32. The number of aliphatic hydroxyl groups excluding tert-OH is 1. The molecule has 0 heterocycles. The Kier molecular flexibility index (Phi) is 4.86. The predicted molar refractivity (Wildman–Crippen MR) is 80.8 cm³/mol. The van der Waals surface area contributed by atoms with E-state index >= 15 is 0 Å². The number of aliphatic hydroxyl groups is 1. The summed E-state index contributed by atoms with van der Waals surface area (Å²) in [7, 11) is 0. The molecule has 0 aliphatic rings. The first-order chi connectivity index (χ1) is 9.13. The molecule has 0 spiro atoms. The molecule has 0 radical (unpaired) electrons. The van der Waals surface area contributed by atoms with Crippen molar-refractivity contribution in [3.8, 4) is 5.75 Å². The van der Waals surface area contributed by atoms with E-state index in [1.165, 1.54) is 0 Å². The van der Waals surface area contributed by atoms with Crippen LogP contribution in [0.5, 0.6) is 5.75 Å². The molecule has 0 aromatic heterocycles. The van der Waals surface area contributed by atoms with Crippen molar-refractivity contribution >= 4 is 27.5 Å². The van der Waals surface area contributed by atoms with E-state index in [9.17, 15) is 5.11 Å². The van der Waals surface area contributed by atoms with Gasteiger partial charge in [0.25, 0.3) is 0 Å². The molecular formula is C15H14BrClO2. The number of halogens is 2. The van der Waals surface area contributed by atoms with Gasteiger partial charge in [-0.25, -0.2) is 0 Å². The normalized spacial score (nSPS) is 12.2. The summed E-state index contributed by atoms with van der Waals surface area (Å²) in [4.78, 5) is 0. The average molecular weight is 342 g/mol. The Morgan fingerprint density at radius 3 is 2.68 bits per heavy atom. The van der Waals surface area contributed by atoms with Gasteiger partial charge in [-0.3, -0.25) is 0 Å². The van der Waals surface area contributed by atoms with Crippen LogP contribution in [0.2, 0.25) is 5.02 Å². The second-order valence-electron chi connectivity index (χ2n) is 4.05. The number of hydrogen-bond acceptors (Lipinski definition) is 2. The highest BCUT2D eigenvalue weighted by Gasteiger charge is 2.16. The quantitative estimate of drug-likeness (QED) is 0.882. The molecule has 2 aromatic carbocycles. The molecule has 0 aliphatic heterocycles. The van der Waals surface area contributed by atoms with Crippen LogP contribution in [0.4, 0.5) is 0 Å².